The van der Waals surface area contributed by atoms with Crippen LogP contribution in [0.3, 0.4) is 0 Å². The molecule has 0 fully saturated rings. The summed E-state index contributed by atoms with van der Waals surface area (Å²) in [5.41, 5.74) is 5.02. The van der Waals surface area contributed by atoms with E-state index in [4.69, 9.17) is 15.6 Å². The van der Waals surface area contributed by atoms with Gasteiger partial charge in [0.1, 0.15) is 17.6 Å². The maximum absolute atomic E-state index is 13.0. The van der Waals surface area contributed by atoms with Crippen LogP contribution in [-0.4, -0.2) is 36.2 Å². The van der Waals surface area contributed by atoms with E-state index in [1.807, 2.05) is 0 Å². The molecular weight excluding hydrogens is 285 g/mol. The van der Waals surface area contributed by atoms with Crippen molar-refractivity contribution < 1.29 is 28.6 Å². The Morgan fingerprint density at radius 3 is 2.62 bits per heavy atom. The molecule has 3 amide bonds. The summed E-state index contributed by atoms with van der Waals surface area (Å²) in [6.45, 7) is 0. The molecule has 0 heterocycles. The lowest BCUT2D eigenvalue weighted by molar-refractivity contribution is -0.140. The molecule has 0 bridgehead atoms. The molecule has 0 aromatic heterocycles. The summed E-state index contributed by atoms with van der Waals surface area (Å²) in [6, 6.07) is 1.03. The van der Waals surface area contributed by atoms with Gasteiger partial charge in [-0.15, -0.1) is 0 Å². The van der Waals surface area contributed by atoms with Crippen molar-refractivity contribution in [1.29, 1.82) is 0 Å². The number of nitrogens with one attached hydrogen (secondary N) is 2. The number of methoxy groups -OCH3 is 1. The molecular formula is C12H14FN3O5. The minimum Gasteiger partial charge on any atom is -0.494 e. The van der Waals surface area contributed by atoms with Crippen LogP contribution >= 0.6 is 0 Å². The van der Waals surface area contributed by atoms with E-state index in [9.17, 15) is 18.8 Å². The molecule has 1 rings (SSSR count). The van der Waals surface area contributed by atoms with Crippen LogP contribution in [0.1, 0.15) is 6.42 Å². The highest BCUT2D eigenvalue weighted by atomic mass is 19.1. The van der Waals surface area contributed by atoms with Gasteiger partial charge in [0.15, 0.2) is 0 Å². The first kappa shape index (κ1) is 16.2. The summed E-state index contributed by atoms with van der Waals surface area (Å²) in [4.78, 5) is 33.3. The van der Waals surface area contributed by atoms with Gasteiger partial charge in [-0.05, 0) is 12.1 Å². The van der Waals surface area contributed by atoms with Crippen molar-refractivity contribution in [3.05, 3.63) is 24.0 Å². The number of ether oxygens (including phenoxy) is 1. The Morgan fingerprint density at radius 2 is 2.10 bits per heavy atom. The van der Waals surface area contributed by atoms with Crippen molar-refractivity contribution in [3.8, 4) is 5.75 Å². The Labute approximate surface area is 119 Å². The molecule has 0 aliphatic carbocycles. The number of primary amides is 1. The predicted octanol–water partition coefficient (Wildman–Crippen LogP) is 0.284. The molecule has 0 saturated carbocycles. The number of carbonyl (C=O) groups excluding carboxylic acids is 2. The molecule has 1 aromatic rings. The van der Waals surface area contributed by atoms with Gasteiger partial charge >= 0.3 is 12.0 Å². The molecule has 1 atom stereocenters. The van der Waals surface area contributed by atoms with Gasteiger partial charge < -0.3 is 26.2 Å². The fourth-order valence-corrected chi connectivity index (χ4v) is 1.49. The van der Waals surface area contributed by atoms with Crippen LogP contribution in [0.15, 0.2) is 18.2 Å². The van der Waals surface area contributed by atoms with Gasteiger partial charge in [0.05, 0.1) is 19.2 Å². The summed E-state index contributed by atoms with van der Waals surface area (Å²) < 4.78 is 17.9. The predicted molar refractivity (Wildman–Crippen MR) is 70.3 cm³/mol. The smallest absolute Gasteiger partial charge is 0.326 e. The zero-order valence-corrected chi connectivity index (χ0v) is 11.1. The molecule has 1 aromatic carbocycles. The van der Waals surface area contributed by atoms with Crippen LogP contribution < -0.4 is 21.1 Å². The molecule has 9 heteroatoms. The highest BCUT2D eigenvalue weighted by molar-refractivity contribution is 5.94. The second-order valence-electron chi connectivity index (χ2n) is 4.00. The summed E-state index contributed by atoms with van der Waals surface area (Å²) >= 11 is 0. The maximum atomic E-state index is 13.0. The van der Waals surface area contributed by atoms with Crippen molar-refractivity contribution in [2.45, 2.75) is 12.5 Å². The summed E-state index contributed by atoms with van der Waals surface area (Å²) in [5.74, 6) is -2.78. The van der Waals surface area contributed by atoms with Gasteiger partial charge in [-0.1, -0.05) is 0 Å². The number of nitrogens with two attached hydrogens (primary N) is 1. The standard InChI is InChI=1S/C12H14FN3O5/c1-21-9-4-6(13)2-3-7(9)15-12(20)16-8(11(18)19)5-10(14)17/h2-4,8H,5H2,1H3,(H2,14,17)(H,18,19)(H2,15,16,20)/t8-/m1/s1. The lowest BCUT2D eigenvalue weighted by Gasteiger charge is -2.15. The molecule has 0 radical (unpaired) electrons. The van der Waals surface area contributed by atoms with E-state index < -0.39 is 36.2 Å². The normalized spacial score (nSPS) is 11.3. The number of carboxylic acid groups (broad SMARTS) is 1. The van der Waals surface area contributed by atoms with E-state index in [-0.39, 0.29) is 11.4 Å². The van der Waals surface area contributed by atoms with E-state index in [0.29, 0.717) is 0 Å². The number of hydrogen-bond acceptors (Lipinski definition) is 4. The van der Waals surface area contributed by atoms with Crippen LogP contribution in [0.2, 0.25) is 0 Å². The van der Waals surface area contributed by atoms with Crippen molar-refractivity contribution >= 4 is 23.6 Å². The van der Waals surface area contributed by atoms with Gasteiger partial charge in [-0.2, -0.15) is 0 Å². The first-order valence-corrected chi connectivity index (χ1v) is 5.75. The third-order valence-corrected chi connectivity index (χ3v) is 2.42. The quantitative estimate of drug-likeness (QED) is 0.599. The fourth-order valence-electron chi connectivity index (χ4n) is 1.49. The Kier molecular flexibility index (Phi) is 5.47. The second-order valence-corrected chi connectivity index (χ2v) is 4.00. The Hall–Kier alpha value is -2.84. The number of halogens is 1. The average molecular weight is 299 g/mol. The average Bonchev–Trinajstić information content (AvgIpc) is 2.39. The number of rotatable bonds is 6. The maximum Gasteiger partial charge on any atom is 0.326 e. The van der Waals surface area contributed by atoms with E-state index >= 15 is 0 Å². The largest absolute Gasteiger partial charge is 0.494 e. The van der Waals surface area contributed by atoms with E-state index in [2.05, 4.69) is 10.6 Å². The number of urea groups is 1. The second kappa shape index (κ2) is 7.08. The summed E-state index contributed by atoms with van der Waals surface area (Å²) in [5, 5.41) is 13.2. The first-order chi connectivity index (χ1) is 9.83. The van der Waals surface area contributed by atoms with Crippen LogP contribution in [0.5, 0.6) is 5.75 Å². The Balaban J connectivity index is 2.76. The third kappa shape index (κ3) is 4.97. The molecule has 8 nitrogen and oxygen atoms in total. The molecule has 0 unspecified atom stereocenters. The molecule has 21 heavy (non-hydrogen) atoms. The first-order valence-electron chi connectivity index (χ1n) is 5.75. The number of benzene rings is 1. The Bertz CT molecular complexity index is 564. The molecule has 0 aliphatic rings. The lowest BCUT2D eigenvalue weighted by Crippen LogP contribution is -2.45. The van der Waals surface area contributed by atoms with Gasteiger partial charge in [0.2, 0.25) is 5.91 Å². The van der Waals surface area contributed by atoms with Gasteiger partial charge in [-0.3, -0.25) is 4.79 Å². The fraction of sp³-hybridized carbons (Fsp3) is 0.250. The summed E-state index contributed by atoms with van der Waals surface area (Å²) in [7, 11) is 1.28. The number of carbonyl (C=O) groups is 3. The monoisotopic (exact) mass is 299 g/mol. The highest BCUT2D eigenvalue weighted by Gasteiger charge is 2.22. The van der Waals surface area contributed by atoms with Crippen LogP contribution in [0.4, 0.5) is 14.9 Å². The molecule has 114 valence electrons. The van der Waals surface area contributed by atoms with Crippen molar-refractivity contribution in [3.63, 3.8) is 0 Å². The van der Waals surface area contributed by atoms with Gasteiger partial charge in [-0.25, -0.2) is 14.0 Å². The number of aliphatic carboxylic acids is 1. The summed E-state index contributed by atoms with van der Waals surface area (Å²) in [6.07, 6.45) is -0.552. The number of hydrogen-bond donors (Lipinski definition) is 4. The molecule has 0 saturated heterocycles. The van der Waals surface area contributed by atoms with Gasteiger partial charge in [0.25, 0.3) is 0 Å². The van der Waals surface area contributed by atoms with Crippen LogP contribution in [0, 0.1) is 5.82 Å². The highest BCUT2D eigenvalue weighted by Crippen LogP contribution is 2.24. The number of carboxylic acids is 1. The zero-order chi connectivity index (χ0) is 16.0. The van der Waals surface area contributed by atoms with Crippen LogP contribution in [-0.2, 0) is 9.59 Å². The lowest BCUT2D eigenvalue weighted by atomic mass is 10.2. The topological polar surface area (TPSA) is 131 Å². The van der Waals surface area contributed by atoms with Crippen molar-refractivity contribution in [2.75, 3.05) is 12.4 Å². The van der Waals surface area contributed by atoms with Crippen molar-refractivity contribution in [2.24, 2.45) is 5.73 Å². The molecule has 0 spiro atoms. The minimum absolute atomic E-state index is 0.0620. The van der Waals surface area contributed by atoms with E-state index in [1.54, 1.807) is 0 Å². The third-order valence-electron chi connectivity index (χ3n) is 2.42. The van der Waals surface area contributed by atoms with Gasteiger partial charge in [0, 0.05) is 6.07 Å². The zero-order valence-electron chi connectivity index (χ0n) is 11.1. The SMILES string of the molecule is COc1cc(F)ccc1NC(=O)N[C@H](CC(N)=O)C(=O)O. The molecule has 0 aliphatic heterocycles. The van der Waals surface area contributed by atoms with E-state index in [0.717, 1.165) is 12.1 Å². The Morgan fingerprint density at radius 1 is 1.43 bits per heavy atom. The minimum atomic E-state index is -1.46. The molecule has 5 N–H and O–H groups in total. The van der Waals surface area contributed by atoms with Crippen LogP contribution in [0.25, 0.3) is 0 Å². The number of anilines is 1. The number of amides is 3. The van der Waals surface area contributed by atoms with Crippen molar-refractivity contribution in [1.82, 2.24) is 5.32 Å². The van der Waals surface area contributed by atoms with E-state index in [1.165, 1.54) is 13.2 Å².